The Labute approximate surface area is 217 Å². The Morgan fingerprint density at radius 3 is 1.54 bits per heavy atom. The van der Waals surface area contributed by atoms with Gasteiger partial charge in [-0.3, -0.25) is 0 Å². The van der Waals surface area contributed by atoms with Gasteiger partial charge in [0.2, 0.25) is 0 Å². The van der Waals surface area contributed by atoms with E-state index in [0.29, 0.717) is 11.1 Å². The van der Waals surface area contributed by atoms with Gasteiger partial charge in [-0.2, -0.15) is 0 Å². The molecule has 0 fully saturated rings. The first-order chi connectivity index (χ1) is 17.5. The smallest absolute Gasteiger partial charge is 0.335 e. The van der Waals surface area contributed by atoms with E-state index >= 15 is 0 Å². The minimum Gasteiger partial charge on any atom is -0.478 e. The lowest BCUT2D eigenvalue weighted by Crippen LogP contribution is -2.10. The number of fused-ring (bicyclic) bond motifs is 1. The number of carboxylic acids is 1. The average Bonchev–Trinajstić information content (AvgIpc) is 2.88. The third-order valence-corrected chi connectivity index (χ3v) is 9.87. The Kier molecular flexibility index (Phi) is 7.52. The lowest BCUT2D eigenvalue weighted by atomic mass is 10.1. The number of carbonyl (C=O) groups is 1. The van der Waals surface area contributed by atoms with Crippen molar-refractivity contribution in [3.05, 3.63) is 107 Å². The van der Waals surface area contributed by atoms with E-state index in [1.165, 1.54) is 24.3 Å². The summed E-state index contributed by atoms with van der Waals surface area (Å²) in [6.45, 7) is 4.01. The van der Waals surface area contributed by atoms with Crippen molar-refractivity contribution in [2.24, 2.45) is 0 Å². The maximum Gasteiger partial charge on any atom is 0.335 e. The molecule has 4 aromatic carbocycles. The van der Waals surface area contributed by atoms with E-state index in [0.717, 1.165) is 30.0 Å². The second-order valence-corrected chi connectivity index (χ2v) is 12.9. The highest BCUT2D eigenvalue weighted by atomic mass is 32.2. The van der Waals surface area contributed by atoms with Gasteiger partial charge >= 0.3 is 5.97 Å². The molecule has 0 unspecified atom stereocenters. The lowest BCUT2D eigenvalue weighted by Gasteiger charge is -2.14. The van der Waals surface area contributed by atoms with Crippen LogP contribution in [0.5, 0.6) is 0 Å². The quantitative estimate of drug-likeness (QED) is 0.298. The number of hydrogen-bond donors (Lipinski definition) is 1. The lowest BCUT2D eigenvalue weighted by molar-refractivity contribution is 0.0696. The molecule has 6 nitrogen and oxygen atoms in total. The number of aromatic carboxylic acids is 1. The molecule has 0 bridgehead atoms. The van der Waals surface area contributed by atoms with Gasteiger partial charge in [0.25, 0.3) is 0 Å². The Bertz CT molecular complexity index is 1670. The van der Waals surface area contributed by atoms with Gasteiger partial charge in [-0.25, -0.2) is 21.6 Å². The summed E-state index contributed by atoms with van der Waals surface area (Å²) in [5.74, 6) is -1.97. The summed E-state index contributed by atoms with van der Waals surface area (Å²) in [6, 6.07) is 21.2. The number of benzene rings is 4. The van der Waals surface area contributed by atoms with Gasteiger partial charge in [0.15, 0.2) is 19.7 Å². The van der Waals surface area contributed by atoms with E-state index in [1.807, 2.05) is 38.1 Å². The molecule has 0 aliphatic rings. The van der Waals surface area contributed by atoms with Gasteiger partial charge in [0.1, 0.15) is 0 Å². The fourth-order valence-corrected chi connectivity index (χ4v) is 7.50. The largest absolute Gasteiger partial charge is 0.478 e. The maximum absolute atomic E-state index is 13.5. The van der Waals surface area contributed by atoms with E-state index in [-0.39, 0.29) is 37.6 Å². The van der Waals surface area contributed by atoms with Crippen LogP contribution in [0.25, 0.3) is 10.8 Å². The van der Waals surface area contributed by atoms with Crippen molar-refractivity contribution in [3.63, 3.8) is 0 Å². The minimum atomic E-state index is -4.00. The van der Waals surface area contributed by atoms with Gasteiger partial charge in [-0.15, -0.1) is 0 Å². The van der Waals surface area contributed by atoms with Gasteiger partial charge in [0, 0.05) is 10.8 Å². The van der Waals surface area contributed by atoms with Crippen LogP contribution in [0.1, 0.15) is 46.5 Å². The highest BCUT2D eigenvalue weighted by Gasteiger charge is 2.25. The van der Waals surface area contributed by atoms with Crippen molar-refractivity contribution < 1.29 is 26.7 Å². The molecule has 0 spiro atoms. The molecule has 0 aromatic heterocycles. The van der Waals surface area contributed by atoms with Crippen LogP contribution in [0.3, 0.4) is 0 Å². The molecule has 0 saturated heterocycles. The van der Waals surface area contributed by atoms with Crippen molar-refractivity contribution in [2.75, 3.05) is 0 Å². The molecule has 4 rings (SSSR count). The average molecular weight is 537 g/mol. The van der Waals surface area contributed by atoms with Crippen molar-refractivity contribution >= 4 is 36.4 Å². The molecular weight excluding hydrogens is 508 g/mol. The van der Waals surface area contributed by atoms with Crippen LogP contribution < -0.4 is 0 Å². The fraction of sp³-hybridized carbons (Fsp3) is 0.207. The topological polar surface area (TPSA) is 106 Å². The summed E-state index contributed by atoms with van der Waals surface area (Å²) in [5.41, 5.74) is 3.01. The van der Waals surface area contributed by atoms with Gasteiger partial charge in [0.05, 0.1) is 26.9 Å². The van der Waals surface area contributed by atoms with Crippen LogP contribution in [0.15, 0.2) is 88.7 Å². The summed E-state index contributed by atoms with van der Waals surface area (Å²) >= 11 is 0. The van der Waals surface area contributed by atoms with E-state index < -0.39 is 25.6 Å². The summed E-state index contributed by atoms with van der Waals surface area (Å²) in [4.78, 5) is 11.6. The van der Waals surface area contributed by atoms with E-state index in [2.05, 4.69) is 0 Å². The first kappa shape index (κ1) is 26.6. The summed E-state index contributed by atoms with van der Waals surface area (Å²) < 4.78 is 54.0. The van der Waals surface area contributed by atoms with Gasteiger partial charge in [-0.05, 0) is 53.3 Å². The monoisotopic (exact) mass is 536 g/mol. The molecule has 8 heteroatoms. The zero-order valence-corrected chi connectivity index (χ0v) is 22.3. The Hall–Kier alpha value is -3.49. The molecular formula is C29H28O6S2. The third kappa shape index (κ3) is 5.76. The van der Waals surface area contributed by atoms with Crippen LogP contribution in [0, 0.1) is 0 Å². The fourth-order valence-electron chi connectivity index (χ4n) is 4.31. The zero-order valence-electron chi connectivity index (χ0n) is 20.6. The summed E-state index contributed by atoms with van der Waals surface area (Å²) in [5, 5.41) is 9.97. The van der Waals surface area contributed by atoms with Gasteiger partial charge < -0.3 is 5.11 Å². The second kappa shape index (κ2) is 10.5. The van der Waals surface area contributed by atoms with Crippen molar-refractivity contribution in [3.8, 4) is 0 Å². The molecule has 0 heterocycles. The summed E-state index contributed by atoms with van der Waals surface area (Å²) in [7, 11) is -7.92. The molecule has 192 valence electrons. The van der Waals surface area contributed by atoms with Crippen molar-refractivity contribution in [1.29, 1.82) is 0 Å². The van der Waals surface area contributed by atoms with Crippen LogP contribution >= 0.6 is 0 Å². The van der Waals surface area contributed by atoms with Crippen LogP contribution in [0.2, 0.25) is 0 Å². The van der Waals surface area contributed by atoms with E-state index in [1.54, 1.807) is 24.3 Å². The zero-order chi connectivity index (χ0) is 26.8. The molecule has 1 N–H and O–H groups in total. The minimum absolute atomic E-state index is 0.0764. The van der Waals surface area contributed by atoms with Crippen LogP contribution in [-0.2, 0) is 44.0 Å². The van der Waals surface area contributed by atoms with E-state index in [9.17, 15) is 26.7 Å². The third-order valence-electron chi connectivity index (χ3n) is 6.41. The van der Waals surface area contributed by atoms with Crippen LogP contribution in [-0.4, -0.2) is 27.9 Å². The number of rotatable bonds is 9. The molecule has 0 aliphatic carbocycles. The second-order valence-electron chi connectivity index (χ2n) is 8.99. The molecule has 0 radical (unpaired) electrons. The maximum atomic E-state index is 13.5. The van der Waals surface area contributed by atoms with Crippen LogP contribution in [0.4, 0.5) is 0 Å². The normalized spacial score (nSPS) is 12.1. The van der Waals surface area contributed by atoms with E-state index in [4.69, 9.17) is 0 Å². The molecule has 0 amide bonds. The van der Waals surface area contributed by atoms with Crippen molar-refractivity contribution in [2.45, 2.75) is 48.0 Å². The Morgan fingerprint density at radius 1 is 0.622 bits per heavy atom. The Balaban J connectivity index is 1.84. The highest BCUT2D eigenvalue weighted by molar-refractivity contribution is 7.91. The molecule has 37 heavy (non-hydrogen) atoms. The molecule has 0 atom stereocenters. The molecule has 0 aliphatic heterocycles. The predicted octanol–water partition coefficient (Wildman–Crippen LogP) is 5.61. The summed E-state index contributed by atoms with van der Waals surface area (Å²) in [6.07, 6.45) is 1.65. The standard InChI is InChI=1S/C29H28O6S2/c1-3-20-8-12-22(13-9-20)18-36(32,33)27-7-5-6-25-26(27)16-24(29(30)31)17-28(25)37(34,35)19-23-14-10-21(4-2)11-15-23/h5-17H,3-4,18-19H2,1-2H3,(H,30,31). The Morgan fingerprint density at radius 2 is 1.08 bits per heavy atom. The number of hydrogen-bond acceptors (Lipinski definition) is 5. The number of sulfone groups is 2. The first-order valence-electron chi connectivity index (χ1n) is 11.9. The molecule has 0 saturated carbocycles. The first-order valence-corrected chi connectivity index (χ1v) is 15.3. The highest BCUT2D eigenvalue weighted by Crippen LogP contribution is 2.33. The predicted molar refractivity (Wildman–Crippen MR) is 144 cm³/mol. The van der Waals surface area contributed by atoms with Gasteiger partial charge in [-0.1, -0.05) is 74.5 Å². The van der Waals surface area contributed by atoms with Crippen molar-refractivity contribution in [1.82, 2.24) is 0 Å². The molecule has 4 aromatic rings. The SMILES string of the molecule is CCc1ccc(CS(=O)(=O)c2cc(C(=O)O)cc3c(S(=O)(=O)Cc4ccc(CC)cc4)cccc23)cc1. The number of aryl methyl sites for hydroxylation is 2. The number of carboxylic acid groups (broad SMARTS) is 1.